The molecule has 0 radical (unpaired) electrons. The molecule has 5 nitrogen and oxygen atoms in total. The summed E-state index contributed by atoms with van der Waals surface area (Å²) in [6, 6.07) is 7.91. The lowest BCUT2D eigenvalue weighted by Gasteiger charge is -2.29. The molecule has 3 rings (SSSR count). The molecule has 2 heterocycles. The fourth-order valence-corrected chi connectivity index (χ4v) is 3.02. The van der Waals surface area contributed by atoms with Crippen molar-refractivity contribution in [3.63, 3.8) is 0 Å². The fourth-order valence-electron chi connectivity index (χ4n) is 2.82. The van der Waals surface area contributed by atoms with Gasteiger partial charge in [0.15, 0.2) is 0 Å². The van der Waals surface area contributed by atoms with Crippen molar-refractivity contribution in [2.75, 3.05) is 20.2 Å². The number of hydrogen-bond donors (Lipinski definition) is 0. The number of benzene rings is 1. The molecule has 1 aromatic carbocycles. The maximum Gasteiger partial charge on any atom is 0.288 e. The summed E-state index contributed by atoms with van der Waals surface area (Å²) in [7, 11) is 1.66. The lowest BCUT2D eigenvalue weighted by Crippen LogP contribution is -2.34. The largest absolute Gasteiger partial charge is 0.497 e. The van der Waals surface area contributed by atoms with Gasteiger partial charge in [0, 0.05) is 13.1 Å². The van der Waals surface area contributed by atoms with Gasteiger partial charge in [-0.2, -0.15) is 0 Å². The van der Waals surface area contributed by atoms with Crippen LogP contribution in [0.2, 0.25) is 0 Å². The summed E-state index contributed by atoms with van der Waals surface area (Å²) >= 11 is 5.31. The van der Waals surface area contributed by atoms with Gasteiger partial charge in [-0.3, -0.25) is 4.90 Å². The van der Waals surface area contributed by atoms with Gasteiger partial charge in [0.25, 0.3) is 4.84 Å². The molecule has 0 unspecified atom stereocenters. The van der Waals surface area contributed by atoms with Crippen molar-refractivity contribution < 1.29 is 9.15 Å². The van der Waals surface area contributed by atoms with Gasteiger partial charge in [-0.15, -0.1) is 5.10 Å². The Hall–Kier alpha value is -1.66. The summed E-state index contributed by atoms with van der Waals surface area (Å²) < 4.78 is 12.6. The average molecular weight is 333 g/mol. The molecule has 6 heteroatoms. The Balaban J connectivity index is 1.64. The van der Waals surface area contributed by atoms with E-state index in [1.807, 2.05) is 24.3 Å². The van der Waals surface area contributed by atoms with Gasteiger partial charge in [0.05, 0.1) is 20.2 Å². The van der Waals surface area contributed by atoms with Crippen LogP contribution in [0, 0.1) is 10.8 Å². The molecule has 0 atom stereocenters. The lowest BCUT2D eigenvalue weighted by molar-refractivity contribution is 0.144. The summed E-state index contributed by atoms with van der Waals surface area (Å²) in [4.78, 5) is 2.84. The third-order valence-corrected chi connectivity index (χ3v) is 4.67. The van der Waals surface area contributed by atoms with E-state index >= 15 is 0 Å². The number of likely N-dealkylation sites (tertiary alicyclic amines) is 1. The average Bonchev–Trinajstić information content (AvgIpc) is 2.90. The monoisotopic (exact) mass is 333 g/mol. The van der Waals surface area contributed by atoms with Crippen LogP contribution in [0.15, 0.2) is 28.7 Å². The first kappa shape index (κ1) is 16.2. The van der Waals surface area contributed by atoms with E-state index in [-0.39, 0.29) is 0 Å². The highest BCUT2D eigenvalue weighted by Crippen LogP contribution is 2.17. The molecular formula is C17H23N3O2S. The molecule has 1 aromatic heterocycles. The van der Waals surface area contributed by atoms with Crippen LogP contribution in [0.5, 0.6) is 5.75 Å². The molecule has 0 spiro atoms. The van der Waals surface area contributed by atoms with E-state index in [9.17, 15) is 0 Å². The molecule has 23 heavy (non-hydrogen) atoms. The van der Waals surface area contributed by atoms with Gasteiger partial charge >= 0.3 is 0 Å². The Morgan fingerprint density at radius 1 is 1.26 bits per heavy atom. The number of rotatable bonds is 5. The van der Waals surface area contributed by atoms with Crippen molar-refractivity contribution >= 4 is 12.2 Å². The molecule has 0 amide bonds. The van der Waals surface area contributed by atoms with Crippen LogP contribution in [-0.4, -0.2) is 34.9 Å². The van der Waals surface area contributed by atoms with Gasteiger partial charge in [0.1, 0.15) is 5.75 Å². The van der Waals surface area contributed by atoms with Crippen LogP contribution in [0.3, 0.4) is 0 Å². The smallest absolute Gasteiger partial charge is 0.288 e. The van der Waals surface area contributed by atoms with E-state index in [0.717, 1.165) is 37.0 Å². The van der Waals surface area contributed by atoms with Crippen molar-refractivity contribution in [2.24, 2.45) is 5.92 Å². The minimum atomic E-state index is 0.451. The predicted octanol–water partition coefficient (Wildman–Crippen LogP) is 3.49. The van der Waals surface area contributed by atoms with E-state index in [1.54, 1.807) is 11.8 Å². The topological polar surface area (TPSA) is 43.4 Å². The molecule has 124 valence electrons. The second kappa shape index (κ2) is 7.27. The SMILES string of the molecule is COc1ccc(Cc2nn(CN3CCC(C)CC3)c(=S)o2)cc1. The van der Waals surface area contributed by atoms with Crippen LogP contribution in [0.4, 0.5) is 0 Å². The zero-order valence-corrected chi connectivity index (χ0v) is 14.5. The third-order valence-electron chi connectivity index (χ3n) is 4.37. The second-order valence-electron chi connectivity index (χ2n) is 6.23. The minimum Gasteiger partial charge on any atom is -0.497 e. The number of hydrogen-bond acceptors (Lipinski definition) is 5. The third kappa shape index (κ3) is 4.20. The standard InChI is InChI=1S/C17H23N3O2S/c1-13-7-9-19(10-8-13)12-20-17(23)22-16(18-20)11-14-3-5-15(21-2)6-4-14/h3-6,13H,7-12H2,1-2H3. The summed E-state index contributed by atoms with van der Waals surface area (Å²) in [5.41, 5.74) is 1.13. The van der Waals surface area contributed by atoms with Crippen molar-refractivity contribution in [2.45, 2.75) is 32.9 Å². The normalized spacial score (nSPS) is 16.6. The maximum absolute atomic E-state index is 5.65. The van der Waals surface area contributed by atoms with E-state index in [1.165, 1.54) is 12.8 Å². The predicted molar refractivity (Wildman–Crippen MR) is 91.1 cm³/mol. The Labute approximate surface area is 141 Å². The van der Waals surface area contributed by atoms with Gasteiger partial charge in [-0.05, 0) is 48.7 Å². The number of piperidine rings is 1. The van der Waals surface area contributed by atoms with Gasteiger partial charge in [0.2, 0.25) is 5.89 Å². The van der Waals surface area contributed by atoms with Gasteiger partial charge in [-0.25, -0.2) is 4.68 Å². The molecule has 1 aliphatic rings. The number of nitrogens with zero attached hydrogens (tertiary/aromatic N) is 3. The maximum atomic E-state index is 5.65. The quantitative estimate of drug-likeness (QED) is 0.784. The van der Waals surface area contributed by atoms with Crippen LogP contribution in [0.1, 0.15) is 31.2 Å². The number of methoxy groups -OCH3 is 1. The van der Waals surface area contributed by atoms with E-state index in [4.69, 9.17) is 21.4 Å². The van der Waals surface area contributed by atoms with Crippen molar-refractivity contribution in [3.05, 3.63) is 40.6 Å². The molecule has 1 saturated heterocycles. The molecule has 0 bridgehead atoms. The first-order valence-electron chi connectivity index (χ1n) is 8.06. The fraction of sp³-hybridized carbons (Fsp3) is 0.529. The Bertz CT molecular complexity index is 685. The molecule has 1 fully saturated rings. The van der Waals surface area contributed by atoms with Crippen molar-refractivity contribution in [3.8, 4) is 5.75 Å². The molecule has 1 aliphatic heterocycles. The van der Waals surface area contributed by atoms with Crippen LogP contribution < -0.4 is 4.74 Å². The number of aromatic nitrogens is 2. The zero-order chi connectivity index (χ0) is 16.2. The van der Waals surface area contributed by atoms with E-state index < -0.39 is 0 Å². The molecular weight excluding hydrogens is 310 g/mol. The van der Waals surface area contributed by atoms with E-state index in [0.29, 0.717) is 17.1 Å². The summed E-state index contributed by atoms with van der Waals surface area (Å²) in [5.74, 6) is 2.33. The Kier molecular flexibility index (Phi) is 5.13. The van der Waals surface area contributed by atoms with Crippen LogP contribution in [-0.2, 0) is 13.1 Å². The number of ether oxygens (including phenoxy) is 1. The van der Waals surface area contributed by atoms with E-state index in [2.05, 4.69) is 16.9 Å². The molecule has 0 saturated carbocycles. The van der Waals surface area contributed by atoms with Crippen molar-refractivity contribution in [1.82, 2.24) is 14.7 Å². The molecule has 0 N–H and O–H groups in total. The lowest BCUT2D eigenvalue weighted by atomic mass is 10.00. The first-order chi connectivity index (χ1) is 11.1. The van der Waals surface area contributed by atoms with Crippen LogP contribution in [0.25, 0.3) is 0 Å². The molecule has 0 aliphatic carbocycles. The van der Waals surface area contributed by atoms with Gasteiger partial charge in [-0.1, -0.05) is 19.1 Å². The highest BCUT2D eigenvalue weighted by molar-refractivity contribution is 7.71. The highest BCUT2D eigenvalue weighted by atomic mass is 32.1. The molecule has 2 aromatic rings. The summed E-state index contributed by atoms with van der Waals surface area (Å²) in [6.45, 7) is 5.23. The second-order valence-corrected chi connectivity index (χ2v) is 6.58. The summed E-state index contributed by atoms with van der Waals surface area (Å²) in [5, 5.41) is 4.53. The first-order valence-corrected chi connectivity index (χ1v) is 8.47. The van der Waals surface area contributed by atoms with Crippen molar-refractivity contribution in [1.29, 1.82) is 0 Å². The van der Waals surface area contributed by atoms with Crippen LogP contribution >= 0.6 is 12.2 Å². The highest BCUT2D eigenvalue weighted by Gasteiger charge is 2.17. The van der Waals surface area contributed by atoms with Gasteiger partial charge < -0.3 is 9.15 Å². The Morgan fingerprint density at radius 2 is 1.96 bits per heavy atom. The Morgan fingerprint density at radius 3 is 2.61 bits per heavy atom. The summed E-state index contributed by atoms with van der Waals surface area (Å²) in [6.07, 6.45) is 3.12. The minimum absolute atomic E-state index is 0.451. The zero-order valence-electron chi connectivity index (χ0n) is 13.7.